The molecule has 0 aromatic heterocycles. The Bertz CT molecular complexity index is 280. The average molecular weight is 235 g/mol. The predicted molar refractivity (Wildman–Crippen MR) is 61.1 cm³/mol. The van der Waals surface area contributed by atoms with E-state index in [1.807, 2.05) is 14.0 Å². The van der Waals surface area contributed by atoms with Gasteiger partial charge < -0.3 is 10.6 Å². The molecule has 0 bridgehead atoms. The van der Waals surface area contributed by atoms with Crippen LogP contribution < -0.4 is 5.73 Å². The molecule has 0 aliphatic carbocycles. The highest BCUT2D eigenvalue weighted by Crippen LogP contribution is 2.13. The zero-order chi connectivity index (χ0) is 11.5. The number of piperazine rings is 1. The van der Waals surface area contributed by atoms with Crippen LogP contribution in [-0.2, 0) is 10.0 Å². The first-order valence-electron chi connectivity index (χ1n) is 5.40. The number of nitrogens with two attached hydrogens (primary N) is 1. The predicted octanol–water partition coefficient (Wildman–Crippen LogP) is -0.699. The molecule has 1 rings (SSSR count). The lowest BCUT2D eigenvalue weighted by Crippen LogP contribution is -2.51. The molecule has 1 saturated heterocycles. The van der Waals surface area contributed by atoms with Crippen molar-refractivity contribution >= 4 is 10.0 Å². The Morgan fingerprint density at radius 2 is 1.80 bits per heavy atom. The first-order valence-corrected chi connectivity index (χ1v) is 6.90. The van der Waals surface area contributed by atoms with E-state index in [4.69, 9.17) is 5.73 Å². The lowest BCUT2D eigenvalue weighted by molar-refractivity contribution is 0.221. The normalized spacial score (nSPS) is 22.9. The van der Waals surface area contributed by atoms with E-state index in [1.54, 1.807) is 4.31 Å². The van der Waals surface area contributed by atoms with Crippen LogP contribution in [0.1, 0.15) is 13.3 Å². The van der Waals surface area contributed by atoms with E-state index in [-0.39, 0.29) is 6.54 Å². The summed E-state index contributed by atoms with van der Waals surface area (Å²) in [4.78, 5) is 2.13. The Morgan fingerprint density at radius 1 is 1.27 bits per heavy atom. The van der Waals surface area contributed by atoms with Gasteiger partial charge in [-0.15, -0.1) is 0 Å². The summed E-state index contributed by atoms with van der Waals surface area (Å²) in [5.41, 5.74) is 5.49. The van der Waals surface area contributed by atoms with Gasteiger partial charge in [-0.2, -0.15) is 4.31 Å². The fourth-order valence-corrected chi connectivity index (χ4v) is 3.51. The molecule has 15 heavy (non-hydrogen) atoms. The zero-order valence-corrected chi connectivity index (χ0v) is 10.3. The highest BCUT2D eigenvalue weighted by molar-refractivity contribution is 7.89. The van der Waals surface area contributed by atoms with Crippen molar-refractivity contribution < 1.29 is 8.42 Å². The number of likely N-dealkylation sites (N-methyl/N-ethyl adjacent to an activating group) is 1. The monoisotopic (exact) mass is 235 g/mol. The minimum Gasteiger partial charge on any atom is -0.329 e. The molecule has 0 aromatic rings. The molecule has 1 unspecified atom stereocenters. The van der Waals surface area contributed by atoms with Gasteiger partial charge in [-0.3, -0.25) is 0 Å². The van der Waals surface area contributed by atoms with Crippen LogP contribution in [0.25, 0.3) is 0 Å². The number of nitrogens with zero attached hydrogens (tertiary/aromatic N) is 2. The van der Waals surface area contributed by atoms with Crippen LogP contribution in [0, 0.1) is 0 Å². The van der Waals surface area contributed by atoms with Crippen LogP contribution in [0.3, 0.4) is 0 Å². The van der Waals surface area contributed by atoms with Crippen molar-refractivity contribution in [3.8, 4) is 0 Å². The third kappa shape index (κ3) is 2.90. The third-order valence-electron chi connectivity index (χ3n) is 2.96. The second-order valence-corrected chi connectivity index (χ2v) is 6.23. The summed E-state index contributed by atoms with van der Waals surface area (Å²) in [7, 11) is -1.16. The van der Waals surface area contributed by atoms with Gasteiger partial charge in [0.25, 0.3) is 0 Å². The molecule has 1 aliphatic rings. The summed E-state index contributed by atoms with van der Waals surface area (Å²) in [6.45, 7) is 4.88. The Labute approximate surface area is 92.3 Å². The molecule has 0 saturated carbocycles. The Balaban J connectivity index is 2.69. The van der Waals surface area contributed by atoms with E-state index in [1.165, 1.54) is 0 Å². The van der Waals surface area contributed by atoms with E-state index >= 15 is 0 Å². The summed E-state index contributed by atoms with van der Waals surface area (Å²) in [5.74, 6) is 0. The van der Waals surface area contributed by atoms with Crippen LogP contribution >= 0.6 is 0 Å². The highest BCUT2D eigenvalue weighted by Gasteiger charge is 2.31. The molecule has 1 fully saturated rings. The maximum absolute atomic E-state index is 12.1. The minimum atomic E-state index is -3.17. The summed E-state index contributed by atoms with van der Waals surface area (Å²) in [5, 5.41) is -0.416. The number of hydrogen-bond acceptors (Lipinski definition) is 4. The molecule has 6 heteroatoms. The SMILES string of the molecule is CCC(CN)S(=O)(=O)N1CCN(C)CC1. The molecule has 0 radical (unpaired) electrons. The summed E-state index contributed by atoms with van der Waals surface area (Å²) in [6.07, 6.45) is 0.588. The van der Waals surface area contributed by atoms with Crippen molar-refractivity contribution in [1.82, 2.24) is 9.21 Å². The topological polar surface area (TPSA) is 66.6 Å². The van der Waals surface area contributed by atoms with E-state index in [9.17, 15) is 8.42 Å². The Kier molecular flexibility index (Phi) is 4.51. The number of rotatable bonds is 4. The molecule has 1 aliphatic heterocycles. The van der Waals surface area contributed by atoms with Crippen molar-refractivity contribution in [2.45, 2.75) is 18.6 Å². The van der Waals surface area contributed by atoms with Gasteiger partial charge in [-0.25, -0.2) is 8.42 Å². The third-order valence-corrected chi connectivity index (χ3v) is 5.41. The Hall–Kier alpha value is -0.170. The second-order valence-electron chi connectivity index (χ2n) is 4.01. The molecule has 2 N–H and O–H groups in total. The van der Waals surface area contributed by atoms with Gasteiger partial charge in [0.1, 0.15) is 0 Å². The first kappa shape index (κ1) is 12.9. The maximum Gasteiger partial charge on any atom is 0.218 e. The van der Waals surface area contributed by atoms with E-state index in [2.05, 4.69) is 4.90 Å². The number of hydrogen-bond donors (Lipinski definition) is 1. The van der Waals surface area contributed by atoms with Crippen LogP contribution in [-0.4, -0.2) is 62.6 Å². The lowest BCUT2D eigenvalue weighted by Gasteiger charge is -2.33. The highest BCUT2D eigenvalue weighted by atomic mass is 32.2. The molecule has 5 nitrogen and oxygen atoms in total. The fourth-order valence-electron chi connectivity index (χ4n) is 1.75. The minimum absolute atomic E-state index is 0.213. The molecule has 0 aromatic carbocycles. The molecule has 90 valence electrons. The zero-order valence-electron chi connectivity index (χ0n) is 9.52. The van der Waals surface area contributed by atoms with Crippen LogP contribution in [0.4, 0.5) is 0 Å². The average Bonchev–Trinajstić information content (AvgIpc) is 2.19. The Morgan fingerprint density at radius 3 is 2.20 bits per heavy atom. The van der Waals surface area contributed by atoms with Gasteiger partial charge >= 0.3 is 0 Å². The van der Waals surface area contributed by atoms with Gasteiger partial charge in [0.05, 0.1) is 5.25 Å². The lowest BCUT2D eigenvalue weighted by atomic mass is 10.3. The summed E-state index contributed by atoms with van der Waals surface area (Å²) in [6, 6.07) is 0. The van der Waals surface area contributed by atoms with Gasteiger partial charge in [0.15, 0.2) is 0 Å². The molecular formula is C9H21N3O2S. The van der Waals surface area contributed by atoms with Gasteiger partial charge in [-0.1, -0.05) is 6.92 Å². The van der Waals surface area contributed by atoms with E-state index in [0.29, 0.717) is 19.5 Å². The molecule has 1 atom stereocenters. The van der Waals surface area contributed by atoms with Crippen molar-refractivity contribution in [2.75, 3.05) is 39.8 Å². The van der Waals surface area contributed by atoms with Crippen LogP contribution in [0.15, 0.2) is 0 Å². The van der Waals surface area contributed by atoms with Crippen molar-refractivity contribution in [3.05, 3.63) is 0 Å². The van der Waals surface area contributed by atoms with Crippen molar-refractivity contribution in [2.24, 2.45) is 5.73 Å². The molecular weight excluding hydrogens is 214 g/mol. The fraction of sp³-hybridized carbons (Fsp3) is 1.00. The van der Waals surface area contributed by atoms with Crippen LogP contribution in [0.5, 0.6) is 0 Å². The molecule has 0 amide bonds. The molecule has 0 spiro atoms. The first-order chi connectivity index (χ1) is 7.02. The largest absolute Gasteiger partial charge is 0.329 e. The summed E-state index contributed by atoms with van der Waals surface area (Å²) < 4.78 is 25.7. The number of sulfonamides is 1. The standard InChI is InChI=1S/C9H21N3O2S/c1-3-9(8-10)15(13,14)12-6-4-11(2)5-7-12/h9H,3-8,10H2,1-2H3. The van der Waals surface area contributed by atoms with Gasteiger partial charge in [0, 0.05) is 32.7 Å². The van der Waals surface area contributed by atoms with E-state index in [0.717, 1.165) is 13.1 Å². The molecule has 1 heterocycles. The van der Waals surface area contributed by atoms with Crippen molar-refractivity contribution in [1.29, 1.82) is 0 Å². The summed E-state index contributed by atoms with van der Waals surface area (Å²) >= 11 is 0. The van der Waals surface area contributed by atoms with Crippen LogP contribution in [0.2, 0.25) is 0 Å². The second kappa shape index (κ2) is 5.25. The maximum atomic E-state index is 12.1. The van der Waals surface area contributed by atoms with Gasteiger partial charge in [0.2, 0.25) is 10.0 Å². The smallest absolute Gasteiger partial charge is 0.218 e. The van der Waals surface area contributed by atoms with E-state index < -0.39 is 15.3 Å². The van der Waals surface area contributed by atoms with Gasteiger partial charge in [-0.05, 0) is 13.5 Å². The van der Waals surface area contributed by atoms with Crippen molar-refractivity contribution in [3.63, 3.8) is 0 Å². The quantitative estimate of drug-likeness (QED) is 0.700.